The summed E-state index contributed by atoms with van der Waals surface area (Å²) in [6, 6.07) is 8.84. The van der Waals surface area contributed by atoms with Crippen molar-refractivity contribution in [1.82, 2.24) is 15.1 Å². The maximum absolute atomic E-state index is 6.09. The number of ether oxygens (including phenoxy) is 2. The molecule has 3 heterocycles. The molecule has 0 amide bonds. The molecule has 1 aromatic carbocycles. The fraction of sp³-hybridized carbons (Fsp3) is 0.550. The van der Waals surface area contributed by atoms with Crippen molar-refractivity contribution in [3.63, 3.8) is 0 Å². The molecule has 1 fully saturated rings. The second kappa shape index (κ2) is 7.18. The summed E-state index contributed by atoms with van der Waals surface area (Å²) in [6.45, 7) is 7.70. The molecule has 2 aliphatic rings. The van der Waals surface area contributed by atoms with Crippen molar-refractivity contribution in [3.8, 4) is 5.75 Å². The highest BCUT2D eigenvalue weighted by atomic mass is 16.5. The number of fused-ring (bicyclic) bond motifs is 1. The Balaban J connectivity index is 1.33. The van der Waals surface area contributed by atoms with Gasteiger partial charge in [0.1, 0.15) is 11.9 Å². The van der Waals surface area contributed by atoms with Gasteiger partial charge in [-0.3, -0.25) is 4.68 Å². The normalized spacial score (nSPS) is 23.4. The number of nitrogens with one attached hydrogen (secondary N) is 1. The number of para-hydroxylation sites is 1. The minimum atomic E-state index is 0.197. The summed E-state index contributed by atoms with van der Waals surface area (Å²) in [6.07, 6.45) is 4.51. The van der Waals surface area contributed by atoms with E-state index in [9.17, 15) is 0 Å². The van der Waals surface area contributed by atoms with Gasteiger partial charge in [-0.1, -0.05) is 25.1 Å². The highest BCUT2D eigenvalue weighted by Crippen LogP contribution is 2.37. The minimum absolute atomic E-state index is 0.197. The SMILES string of the molecule is Cc1nn(C2CCOCC2)cc1CNC[C@@H]1Oc2ccccc2[C@@H]1C. The van der Waals surface area contributed by atoms with E-state index < -0.39 is 0 Å². The lowest BCUT2D eigenvalue weighted by Gasteiger charge is -2.22. The molecule has 1 N–H and O–H groups in total. The Kier molecular flexibility index (Phi) is 4.77. The highest BCUT2D eigenvalue weighted by Gasteiger charge is 2.30. The molecule has 2 atom stereocenters. The van der Waals surface area contributed by atoms with Crippen molar-refractivity contribution in [2.45, 2.75) is 51.3 Å². The van der Waals surface area contributed by atoms with Crippen LogP contribution in [0.1, 0.15) is 48.5 Å². The van der Waals surface area contributed by atoms with Crippen molar-refractivity contribution >= 4 is 0 Å². The van der Waals surface area contributed by atoms with Gasteiger partial charge in [0, 0.05) is 49.5 Å². The molecule has 2 aromatic rings. The first kappa shape index (κ1) is 16.6. The largest absolute Gasteiger partial charge is 0.488 e. The number of aromatic nitrogens is 2. The zero-order chi connectivity index (χ0) is 17.2. The van der Waals surface area contributed by atoms with Gasteiger partial charge in [-0.2, -0.15) is 5.10 Å². The predicted octanol–water partition coefficient (Wildman–Crippen LogP) is 3.20. The van der Waals surface area contributed by atoms with E-state index in [1.807, 2.05) is 6.07 Å². The molecule has 0 saturated carbocycles. The Bertz CT molecular complexity index is 721. The smallest absolute Gasteiger partial charge is 0.123 e. The molecule has 5 nitrogen and oxygen atoms in total. The van der Waals surface area contributed by atoms with Crippen LogP contribution in [0.3, 0.4) is 0 Å². The molecule has 0 unspecified atom stereocenters. The van der Waals surface area contributed by atoms with Gasteiger partial charge < -0.3 is 14.8 Å². The highest BCUT2D eigenvalue weighted by molar-refractivity contribution is 5.40. The van der Waals surface area contributed by atoms with Crippen molar-refractivity contribution < 1.29 is 9.47 Å². The Labute approximate surface area is 149 Å². The summed E-state index contributed by atoms with van der Waals surface area (Å²) >= 11 is 0. The van der Waals surface area contributed by atoms with E-state index in [1.54, 1.807) is 0 Å². The molecule has 0 aliphatic carbocycles. The fourth-order valence-corrected chi connectivity index (χ4v) is 3.83. The topological polar surface area (TPSA) is 48.3 Å². The van der Waals surface area contributed by atoms with E-state index >= 15 is 0 Å². The average molecular weight is 341 g/mol. The van der Waals surface area contributed by atoms with Crippen LogP contribution in [0, 0.1) is 6.92 Å². The molecule has 1 saturated heterocycles. The molecular formula is C20H27N3O2. The second-order valence-corrected chi connectivity index (χ2v) is 7.18. The minimum Gasteiger partial charge on any atom is -0.488 e. The van der Waals surface area contributed by atoms with Crippen LogP contribution in [0.25, 0.3) is 0 Å². The van der Waals surface area contributed by atoms with Gasteiger partial charge in [0.25, 0.3) is 0 Å². The van der Waals surface area contributed by atoms with Crippen LogP contribution in [0.2, 0.25) is 0 Å². The molecule has 0 radical (unpaired) electrons. The lowest BCUT2D eigenvalue weighted by atomic mass is 9.97. The van der Waals surface area contributed by atoms with Crippen molar-refractivity contribution in [3.05, 3.63) is 47.3 Å². The van der Waals surface area contributed by atoms with Gasteiger partial charge in [-0.05, 0) is 25.8 Å². The molecule has 1 aromatic heterocycles. The molecule has 25 heavy (non-hydrogen) atoms. The van der Waals surface area contributed by atoms with Gasteiger partial charge in [0.15, 0.2) is 0 Å². The van der Waals surface area contributed by atoms with Crippen LogP contribution >= 0.6 is 0 Å². The van der Waals surface area contributed by atoms with E-state index in [1.165, 1.54) is 11.1 Å². The third-order valence-electron chi connectivity index (χ3n) is 5.49. The van der Waals surface area contributed by atoms with Crippen LogP contribution in [-0.2, 0) is 11.3 Å². The van der Waals surface area contributed by atoms with Crippen molar-refractivity contribution in [2.24, 2.45) is 0 Å². The van der Waals surface area contributed by atoms with Crippen molar-refractivity contribution in [1.29, 1.82) is 0 Å². The maximum atomic E-state index is 6.09. The van der Waals surface area contributed by atoms with Crippen LogP contribution in [0.15, 0.2) is 30.5 Å². The van der Waals surface area contributed by atoms with E-state index in [0.29, 0.717) is 12.0 Å². The molecule has 0 spiro atoms. The molecule has 5 heteroatoms. The summed E-state index contributed by atoms with van der Waals surface area (Å²) in [5.41, 5.74) is 3.70. The summed E-state index contributed by atoms with van der Waals surface area (Å²) in [4.78, 5) is 0. The summed E-state index contributed by atoms with van der Waals surface area (Å²) < 4.78 is 13.7. The van der Waals surface area contributed by atoms with Gasteiger partial charge in [0.2, 0.25) is 0 Å². The van der Waals surface area contributed by atoms with E-state index in [0.717, 1.165) is 50.6 Å². The average Bonchev–Trinajstić information content (AvgIpc) is 3.17. The van der Waals surface area contributed by atoms with Crippen molar-refractivity contribution in [2.75, 3.05) is 19.8 Å². The van der Waals surface area contributed by atoms with Crippen LogP contribution in [0.4, 0.5) is 0 Å². The Morgan fingerprint density at radius 3 is 2.84 bits per heavy atom. The number of rotatable bonds is 5. The number of hydrogen-bond donors (Lipinski definition) is 1. The quantitative estimate of drug-likeness (QED) is 0.907. The summed E-state index contributed by atoms with van der Waals surface area (Å²) in [5, 5.41) is 8.28. The molecule has 4 rings (SSSR count). The maximum Gasteiger partial charge on any atom is 0.123 e. The number of hydrogen-bond acceptors (Lipinski definition) is 4. The third kappa shape index (κ3) is 3.44. The van der Waals surface area contributed by atoms with E-state index in [2.05, 4.69) is 48.2 Å². The van der Waals surface area contributed by atoms with Crippen LogP contribution in [-0.4, -0.2) is 35.6 Å². The molecule has 2 aliphatic heterocycles. The molecular weight excluding hydrogens is 314 g/mol. The Morgan fingerprint density at radius 1 is 1.24 bits per heavy atom. The van der Waals surface area contributed by atoms with E-state index in [-0.39, 0.29) is 6.10 Å². The predicted molar refractivity (Wildman–Crippen MR) is 97.0 cm³/mol. The Hall–Kier alpha value is -1.85. The summed E-state index contributed by atoms with van der Waals surface area (Å²) in [5.74, 6) is 1.46. The first-order valence-electron chi connectivity index (χ1n) is 9.31. The van der Waals surface area contributed by atoms with Gasteiger partial charge in [0.05, 0.1) is 11.7 Å². The summed E-state index contributed by atoms with van der Waals surface area (Å²) in [7, 11) is 0. The lowest BCUT2D eigenvalue weighted by molar-refractivity contribution is 0.0661. The first-order valence-corrected chi connectivity index (χ1v) is 9.31. The van der Waals surface area contributed by atoms with E-state index in [4.69, 9.17) is 14.6 Å². The third-order valence-corrected chi connectivity index (χ3v) is 5.49. The lowest BCUT2D eigenvalue weighted by Crippen LogP contribution is -2.31. The molecule has 134 valence electrons. The zero-order valence-corrected chi connectivity index (χ0v) is 15.1. The Morgan fingerprint density at radius 2 is 2.04 bits per heavy atom. The number of benzene rings is 1. The van der Waals surface area contributed by atoms with Gasteiger partial charge in [-0.15, -0.1) is 0 Å². The van der Waals surface area contributed by atoms with Gasteiger partial charge >= 0.3 is 0 Å². The first-order chi connectivity index (χ1) is 12.2. The monoisotopic (exact) mass is 341 g/mol. The van der Waals surface area contributed by atoms with Crippen LogP contribution in [0.5, 0.6) is 5.75 Å². The fourth-order valence-electron chi connectivity index (χ4n) is 3.83. The standard InChI is InChI=1S/C20H27N3O2/c1-14-18-5-3-4-6-19(18)25-20(14)12-21-11-16-13-23(22-15(16)2)17-7-9-24-10-8-17/h3-6,13-14,17,20-21H,7-12H2,1-2H3/t14-,20-/m0/s1. The zero-order valence-electron chi connectivity index (χ0n) is 15.1. The number of nitrogens with zero attached hydrogens (tertiary/aromatic N) is 2. The van der Waals surface area contributed by atoms with Gasteiger partial charge in [-0.25, -0.2) is 0 Å². The molecule has 0 bridgehead atoms. The second-order valence-electron chi connectivity index (χ2n) is 7.18. The number of aryl methyl sites for hydroxylation is 1. The van der Waals surface area contributed by atoms with Crippen LogP contribution < -0.4 is 10.1 Å².